The predicted octanol–water partition coefficient (Wildman–Crippen LogP) is 1.57. The van der Waals surface area contributed by atoms with Gasteiger partial charge in [-0.15, -0.1) is 0 Å². The van der Waals surface area contributed by atoms with Crippen LogP contribution in [0.1, 0.15) is 10.4 Å². The molecular weight excluding hydrogens is 350 g/mol. The Hall–Kier alpha value is -2.98. The average molecular weight is 365 g/mol. The van der Waals surface area contributed by atoms with Crippen molar-refractivity contribution in [1.29, 1.82) is 0 Å². The van der Waals surface area contributed by atoms with Gasteiger partial charge in [-0.3, -0.25) is 20.3 Å². The lowest BCUT2D eigenvalue weighted by Crippen LogP contribution is -2.36. The Morgan fingerprint density at radius 1 is 1.16 bits per heavy atom. The van der Waals surface area contributed by atoms with E-state index in [1.807, 2.05) is 0 Å². The van der Waals surface area contributed by atoms with Gasteiger partial charge in [0.1, 0.15) is 10.6 Å². The maximum Gasteiger partial charge on any atom is 0.339 e. The molecule has 0 aromatic heterocycles. The Labute approximate surface area is 144 Å². The van der Waals surface area contributed by atoms with Gasteiger partial charge >= 0.3 is 10.1 Å². The Bertz CT molecular complexity index is 894. The van der Waals surface area contributed by atoms with E-state index >= 15 is 0 Å². The first-order valence-corrected chi connectivity index (χ1v) is 8.37. The van der Waals surface area contributed by atoms with Crippen molar-refractivity contribution in [3.63, 3.8) is 0 Å². The lowest BCUT2D eigenvalue weighted by Gasteiger charge is -2.12. The summed E-state index contributed by atoms with van der Waals surface area (Å²) in [6.07, 6.45) is 0. The maximum atomic E-state index is 12.2. The molecule has 9 nitrogen and oxygen atoms in total. The SMILES string of the molecule is CN(C)NC(=O)c1ccc(OS(=O)(=O)c2cccc([N+](=O)[O-])c2)cc1. The highest BCUT2D eigenvalue weighted by atomic mass is 32.2. The summed E-state index contributed by atoms with van der Waals surface area (Å²) in [5.41, 5.74) is 2.49. The van der Waals surface area contributed by atoms with Crippen LogP contribution in [0.5, 0.6) is 5.75 Å². The van der Waals surface area contributed by atoms with Crippen molar-refractivity contribution in [2.24, 2.45) is 0 Å². The van der Waals surface area contributed by atoms with Gasteiger partial charge < -0.3 is 4.18 Å². The average Bonchev–Trinajstić information content (AvgIpc) is 2.54. The Kier molecular flexibility index (Phi) is 5.35. The van der Waals surface area contributed by atoms with Gasteiger partial charge in [-0.1, -0.05) is 6.07 Å². The molecule has 2 rings (SSSR count). The monoisotopic (exact) mass is 365 g/mol. The molecule has 132 valence electrons. The van der Waals surface area contributed by atoms with E-state index in [9.17, 15) is 23.3 Å². The van der Waals surface area contributed by atoms with Crippen LogP contribution in [0.4, 0.5) is 5.69 Å². The summed E-state index contributed by atoms with van der Waals surface area (Å²) in [6, 6.07) is 9.98. The minimum absolute atomic E-state index is 0.0205. The number of amides is 1. The zero-order chi connectivity index (χ0) is 18.6. The van der Waals surface area contributed by atoms with Crippen molar-refractivity contribution in [1.82, 2.24) is 10.4 Å². The molecule has 1 amide bonds. The lowest BCUT2D eigenvalue weighted by molar-refractivity contribution is -0.385. The first-order chi connectivity index (χ1) is 11.7. The molecule has 2 aromatic carbocycles. The van der Waals surface area contributed by atoms with Crippen LogP contribution >= 0.6 is 0 Å². The number of carbonyl (C=O) groups excluding carboxylic acids is 1. The third-order valence-corrected chi connectivity index (χ3v) is 4.21. The number of carbonyl (C=O) groups is 1. The number of nitro groups is 1. The van der Waals surface area contributed by atoms with Gasteiger partial charge in [0.25, 0.3) is 11.6 Å². The number of hydrogen-bond donors (Lipinski definition) is 1. The molecule has 25 heavy (non-hydrogen) atoms. The normalized spacial score (nSPS) is 11.2. The standard InChI is InChI=1S/C15H15N3O6S/c1-17(2)16-15(19)11-6-8-13(9-7-11)24-25(22,23)14-5-3-4-12(10-14)18(20)21/h3-10H,1-2H3,(H,16,19). The van der Waals surface area contributed by atoms with Crippen LogP contribution < -0.4 is 9.61 Å². The number of hydrazine groups is 1. The highest BCUT2D eigenvalue weighted by molar-refractivity contribution is 7.87. The summed E-state index contributed by atoms with van der Waals surface area (Å²) in [5.74, 6) is -0.383. The molecule has 0 unspecified atom stereocenters. The molecule has 0 aliphatic rings. The van der Waals surface area contributed by atoms with Crippen LogP contribution in [-0.2, 0) is 10.1 Å². The zero-order valence-electron chi connectivity index (χ0n) is 13.4. The van der Waals surface area contributed by atoms with Gasteiger partial charge in [-0.25, -0.2) is 5.01 Å². The van der Waals surface area contributed by atoms with Crippen molar-refractivity contribution >= 4 is 21.7 Å². The van der Waals surface area contributed by atoms with E-state index in [2.05, 4.69) is 5.43 Å². The van der Waals surface area contributed by atoms with Crippen molar-refractivity contribution in [3.05, 3.63) is 64.2 Å². The van der Waals surface area contributed by atoms with E-state index < -0.39 is 15.0 Å². The molecule has 0 heterocycles. The Balaban J connectivity index is 2.19. The second-order valence-corrected chi connectivity index (χ2v) is 6.70. The number of nitrogens with one attached hydrogen (secondary N) is 1. The van der Waals surface area contributed by atoms with Gasteiger partial charge in [0, 0.05) is 31.8 Å². The second-order valence-electron chi connectivity index (χ2n) is 5.15. The summed E-state index contributed by atoms with van der Waals surface area (Å²) < 4.78 is 29.4. The lowest BCUT2D eigenvalue weighted by atomic mass is 10.2. The first-order valence-electron chi connectivity index (χ1n) is 6.96. The topological polar surface area (TPSA) is 119 Å². The highest BCUT2D eigenvalue weighted by Crippen LogP contribution is 2.22. The van der Waals surface area contributed by atoms with Gasteiger partial charge in [0.2, 0.25) is 0 Å². The summed E-state index contributed by atoms with van der Waals surface area (Å²) >= 11 is 0. The van der Waals surface area contributed by atoms with E-state index in [1.165, 1.54) is 47.5 Å². The molecule has 0 aliphatic carbocycles. The van der Waals surface area contributed by atoms with Crippen molar-refractivity contribution < 1.29 is 22.3 Å². The fourth-order valence-corrected chi connectivity index (χ4v) is 2.83. The van der Waals surface area contributed by atoms with Crippen LogP contribution in [0.25, 0.3) is 0 Å². The molecule has 1 N–H and O–H groups in total. The van der Waals surface area contributed by atoms with E-state index in [0.717, 1.165) is 6.07 Å². The van der Waals surface area contributed by atoms with Gasteiger partial charge in [-0.2, -0.15) is 8.42 Å². The van der Waals surface area contributed by atoms with Crippen molar-refractivity contribution in [2.45, 2.75) is 4.90 Å². The number of hydrogen-bond acceptors (Lipinski definition) is 7. The summed E-state index contributed by atoms with van der Waals surface area (Å²) in [4.78, 5) is 21.5. The smallest absolute Gasteiger partial charge is 0.339 e. The van der Waals surface area contributed by atoms with Gasteiger partial charge in [0.05, 0.1) is 4.92 Å². The summed E-state index contributed by atoms with van der Waals surface area (Å²) in [7, 11) is -0.927. The minimum atomic E-state index is -4.23. The molecule has 0 fully saturated rings. The molecule has 0 bridgehead atoms. The predicted molar refractivity (Wildman–Crippen MR) is 88.5 cm³/mol. The fraction of sp³-hybridized carbons (Fsp3) is 0.133. The van der Waals surface area contributed by atoms with Gasteiger partial charge in [0.15, 0.2) is 0 Å². The van der Waals surface area contributed by atoms with E-state index in [1.54, 1.807) is 14.1 Å². The third-order valence-electron chi connectivity index (χ3n) is 2.96. The van der Waals surface area contributed by atoms with Crippen molar-refractivity contribution in [3.8, 4) is 5.75 Å². The Morgan fingerprint density at radius 2 is 1.80 bits per heavy atom. The van der Waals surface area contributed by atoms with Crippen LogP contribution in [0.3, 0.4) is 0 Å². The number of nitrogens with zero attached hydrogens (tertiary/aromatic N) is 2. The molecule has 0 aliphatic heterocycles. The van der Waals surface area contributed by atoms with Gasteiger partial charge in [-0.05, 0) is 30.3 Å². The number of rotatable bonds is 6. The third kappa shape index (κ3) is 4.75. The van der Waals surface area contributed by atoms with E-state index in [4.69, 9.17) is 4.18 Å². The van der Waals surface area contributed by atoms with E-state index in [-0.39, 0.29) is 22.2 Å². The number of benzene rings is 2. The summed E-state index contributed by atoms with van der Waals surface area (Å²) in [6.45, 7) is 0. The van der Waals surface area contributed by atoms with Crippen LogP contribution in [-0.4, -0.2) is 38.4 Å². The molecule has 0 atom stereocenters. The maximum absolute atomic E-state index is 12.2. The van der Waals surface area contributed by atoms with Crippen LogP contribution in [0.15, 0.2) is 53.4 Å². The molecule has 0 radical (unpaired) electrons. The Morgan fingerprint density at radius 3 is 2.36 bits per heavy atom. The summed E-state index contributed by atoms with van der Waals surface area (Å²) in [5, 5.41) is 12.2. The fourth-order valence-electron chi connectivity index (χ4n) is 1.86. The van der Waals surface area contributed by atoms with Crippen LogP contribution in [0.2, 0.25) is 0 Å². The number of non-ortho nitro benzene ring substituents is 1. The van der Waals surface area contributed by atoms with Crippen molar-refractivity contribution in [2.75, 3.05) is 14.1 Å². The molecule has 0 saturated carbocycles. The zero-order valence-corrected chi connectivity index (χ0v) is 14.2. The minimum Gasteiger partial charge on any atom is -0.379 e. The molecule has 2 aromatic rings. The molecular formula is C15H15N3O6S. The van der Waals surface area contributed by atoms with E-state index in [0.29, 0.717) is 5.56 Å². The van der Waals surface area contributed by atoms with Crippen LogP contribution in [0, 0.1) is 10.1 Å². The molecule has 0 saturated heterocycles. The molecule has 10 heteroatoms. The first kappa shape index (κ1) is 18.4. The quantitative estimate of drug-likeness (QED) is 0.469. The highest BCUT2D eigenvalue weighted by Gasteiger charge is 2.20. The molecule has 0 spiro atoms. The second kappa shape index (κ2) is 7.28. The number of nitro benzene ring substituents is 1. The largest absolute Gasteiger partial charge is 0.379 e.